The van der Waals surface area contributed by atoms with Crippen molar-refractivity contribution in [3.8, 4) is 11.3 Å². The summed E-state index contributed by atoms with van der Waals surface area (Å²) in [5, 5.41) is 1.24. The van der Waals surface area contributed by atoms with E-state index in [0.29, 0.717) is 0 Å². The summed E-state index contributed by atoms with van der Waals surface area (Å²) in [6, 6.07) is 16.8. The second-order valence-electron chi connectivity index (χ2n) is 4.72. The molecule has 1 aromatic heterocycles. The zero-order valence-electron chi connectivity index (χ0n) is 10.6. The molecule has 0 aliphatic carbocycles. The Bertz CT molecular complexity index is 709. The van der Waals surface area contributed by atoms with Crippen LogP contribution in [0.2, 0.25) is 0 Å². The van der Waals surface area contributed by atoms with Crippen LogP contribution in [0.1, 0.15) is 5.56 Å². The van der Waals surface area contributed by atoms with E-state index >= 15 is 0 Å². The Labute approximate surface area is 107 Å². The van der Waals surface area contributed by atoms with Crippen molar-refractivity contribution >= 4 is 16.6 Å². The average molecular weight is 236 g/mol. The molecule has 90 valence electrons. The largest absolute Gasteiger partial charge is 0.398 e. The first-order valence-electron chi connectivity index (χ1n) is 6.08. The molecular weight excluding hydrogens is 220 g/mol. The SMILES string of the molecule is Cc1cc2cc(-c3ccccc3)n(C)c2cc1N. The topological polar surface area (TPSA) is 30.9 Å². The molecule has 0 atom stereocenters. The summed E-state index contributed by atoms with van der Waals surface area (Å²) in [6.45, 7) is 2.05. The fraction of sp³-hybridized carbons (Fsp3) is 0.125. The monoisotopic (exact) mass is 236 g/mol. The Morgan fingerprint density at radius 3 is 2.44 bits per heavy atom. The summed E-state index contributed by atoms with van der Waals surface area (Å²) in [4.78, 5) is 0. The molecule has 1 heterocycles. The number of benzene rings is 2. The summed E-state index contributed by atoms with van der Waals surface area (Å²) in [5.74, 6) is 0. The molecule has 0 radical (unpaired) electrons. The number of rotatable bonds is 1. The van der Waals surface area contributed by atoms with Crippen molar-refractivity contribution in [2.75, 3.05) is 5.73 Å². The van der Waals surface area contributed by atoms with E-state index in [-0.39, 0.29) is 0 Å². The van der Waals surface area contributed by atoms with Crippen LogP contribution >= 0.6 is 0 Å². The molecular formula is C16H16N2. The van der Waals surface area contributed by atoms with E-state index in [9.17, 15) is 0 Å². The maximum atomic E-state index is 5.99. The molecule has 18 heavy (non-hydrogen) atoms. The van der Waals surface area contributed by atoms with E-state index in [1.54, 1.807) is 0 Å². The third-order valence-electron chi connectivity index (χ3n) is 3.50. The summed E-state index contributed by atoms with van der Waals surface area (Å²) in [7, 11) is 2.08. The minimum atomic E-state index is 0.850. The Kier molecular flexibility index (Phi) is 2.37. The van der Waals surface area contributed by atoms with Gasteiger partial charge in [0.05, 0.1) is 5.52 Å². The molecule has 3 rings (SSSR count). The molecule has 0 saturated carbocycles. The Morgan fingerprint density at radius 1 is 1.00 bits per heavy atom. The van der Waals surface area contributed by atoms with Crippen LogP contribution in [0.4, 0.5) is 5.69 Å². The maximum absolute atomic E-state index is 5.99. The van der Waals surface area contributed by atoms with Gasteiger partial charge in [-0.2, -0.15) is 0 Å². The second-order valence-corrected chi connectivity index (χ2v) is 4.72. The zero-order valence-corrected chi connectivity index (χ0v) is 10.6. The minimum Gasteiger partial charge on any atom is -0.398 e. The van der Waals surface area contributed by atoms with Crippen molar-refractivity contribution in [3.05, 3.63) is 54.1 Å². The highest BCUT2D eigenvalue weighted by molar-refractivity contribution is 5.90. The van der Waals surface area contributed by atoms with Gasteiger partial charge in [0, 0.05) is 23.8 Å². The van der Waals surface area contributed by atoms with E-state index in [0.717, 1.165) is 11.3 Å². The molecule has 0 amide bonds. The summed E-state index contributed by atoms with van der Waals surface area (Å²) < 4.78 is 2.19. The predicted molar refractivity (Wildman–Crippen MR) is 77.5 cm³/mol. The fourth-order valence-electron chi connectivity index (χ4n) is 2.40. The molecule has 0 spiro atoms. The van der Waals surface area contributed by atoms with Gasteiger partial charge in [0.1, 0.15) is 0 Å². The molecule has 2 N–H and O–H groups in total. The van der Waals surface area contributed by atoms with Crippen LogP contribution in [0.3, 0.4) is 0 Å². The normalized spacial score (nSPS) is 11.0. The van der Waals surface area contributed by atoms with Gasteiger partial charge >= 0.3 is 0 Å². The van der Waals surface area contributed by atoms with Crippen molar-refractivity contribution in [2.24, 2.45) is 7.05 Å². The maximum Gasteiger partial charge on any atom is 0.0503 e. The Morgan fingerprint density at radius 2 is 1.72 bits per heavy atom. The average Bonchev–Trinajstić information content (AvgIpc) is 2.69. The second kappa shape index (κ2) is 3.91. The molecule has 0 unspecified atom stereocenters. The molecule has 0 fully saturated rings. The van der Waals surface area contributed by atoms with E-state index in [4.69, 9.17) is 5.73 Å². The minimum absolute atomic E-state index is 0.850. The summed E-state index contributed by atoms with van der Waals surface area (Å²) in [5.41, 5.74) is 11.6. The van der Waals surface area contributed by atoms with Crippen LogP contribution in [0, 0.1) is 6.92 Å². The Hall–Kier alpha value is -2.22. The van der Waals surface area contributed by atoms with Gasteiger partial charge in [0.15, 0.2) is 0 Å². The van der Waals surface area contributed by atoms with Crippen LogP contribution in [-0.4, -0.2) is 4.57 Å². The number of hydrogen-bond acceptors (Lipinski definition) is 1. The standard InChI is InChI=1S/C16H16N2/c1-11-8-13-9-15(12-6-4-3-5-7-12)18(2)16(13)10-14(11)17/h3-10H,17H2,1-2H3. The molecule has 2 nitrogen and oxygen atoms in total. The van der Waals surface area contributed by atoms with Gasteiger partial charge in [-0.3, -0.25) is 0 Å². The predicted octanol–water partition coefficient (Wildman–Crippen LogP) is 3.74. The van der Waals surface area contributed by atoms with Gasteiger partial charge < -0.3 is 10.3 Å². The molecule has 3 aromatic rings. The number of aryl methyl sites for hydroxylation is 2. The number of anilines is 1. The van der Waals surface area contributed by atoms with Crippen LogP contribution in [0.25, 0.3) is 22.2 Å². The lowest BCUT2D eigenvalue weighted by atomic mass is 10.1. The number of nitrogens with zero attached hydrogens (tertiary/aromatic N) is 1. The lowest BCUT2D eigenvalue weighted by Crippen LogP contribution is -1.93. The third kappa shape index (κ3) is 1.58. The van der Waals surface area contributed by atoms with E-state index in [1.165, 1.54) is 22.2 Å². The molecule has 2 aromatic carbocycles. The van der Waals surface area contributed by atoms with E-state index < -0.39 is 0 Å². The van der Waals surface area contributed by atoms with Crippen molar-refractivity contribution in [1.29, 1.82) is 0 Å². The van der Waals surface area contributed by atoms with Gasteiger partial charge in [0.25, 0.3) is 0 Å². The van der Waals surface area contributed by atoms with Gasteiger partial charge in [-0.25, -0.2) is 0 Å². The van der Waals surface area contributed by atoms with Gasteiger partial charge in [-0.15, -0.1) is 0 Å². The zero-order chi connectivity index (χ0) is 12.7. The number of nitrogen functional groups attached to an aromatic ring is 1. The molecule has 0 saturated heterocycles. The van der Waals surface area contributed by atoms with Gasteiger partial charge in [-0.05, 0) is 36.2 Å². The van der Waals surface area contributed by atoms with E-state index in [2.05, 4.69) is 54.1 Å². The quantitative estimate of drug-likeness (QED) is 0.641. The highest BCUT2D eigenvalue weighted by Crippen LogP contribution is 2.29. The number of aromatic nitrogens is 1. The highest BCUT2D eigenvalue weighted by Gasteiger charge is 2.08. The van der Waals surface area contributed by atoms with Crippen molar-refractivity contribution in [1.82, 2.24) is 4.57 Å². The van der Waals surface area contributed by atoms with Crippen molar-refractivity contribution in [3.63, 3.8) is 0 Å². The number of fused-ring (bicyclic) bond motifs is 1. The smallest absolute Gasteiger partial charge is 0.0503 e. The lowest BCUT2D eigenvalue weighted by molar-refractivity contribution is 0.978. The first kappa shape index (κ1) is 10.9. The van der Waals surface area contributed by atoms with E-state index in [1.807, 2.05) is 13.0 Å². The number of nitrogens with two attached hydrogens (primary N) is 1. The molecule has 0 aliphatic rings. The van der Waals surface area contributed by atoms with Gasteiger partial charge in [0.2, 0.25) is 0 Å². The van der Waals surface area contributed by atoms with Crippen molar-refractivity contribution < 1.29 is 0 Å². The summed E-state index contributed by atoms with van der Waals surface area (Å²) in [6.07, 6.45) is 0. The van der Waals surface area contributed by atoms with Crippen LogP contribution in [0.5, 0.6) is 0 Å². The third-order valence-corrected chi connectivity index (χ3v) is 3.50. The highest BCUT2D eigenvalue weighted by atomic mass is 14.9. The van der Waals surface area contributed by atoms with Crippen LogP contribution in [-0.2, 0) is 7.05 Å². The Balaban J connectivity index is 2.30. The van der Waals surface area contributed by atoms with Crippen molar-refractivity contribution in [2.45, 2.75) is 6.92 Å². The fourth-order valence-corrected chi connectivity index (χ4v) is 2.40. The van der Waals surface area contributed by atoms with Crippen LogP contribution < -0.4 is 5.73 Å². The lowest BCUT2D eigenvalue weighted by Gasteiger charge is -2.05. The first-order valence-corrected chi connectivity index (χ1v) is 6.08. The summed E-state index contributed by atoms with van der Waals surface area (Å²) >= 11 is 0. The van der Waals surface area contributed by atoms with Gasteiger partial charge in [-0.1, -0.05) is 30.3 Å². The number of hydrogen-bond donors (Lipinski definition) is 1. The molecule has 0 aliphatic heterocycles. The molecule has 2 heteroatoms. The first-order chi connectivity index (χ1) is 8.66. The van der Waals surface area contributed by atoms with Crippen LogP contribution in [0.15, 0.2) is 48.5 Å². The molecule has 0 bridgehead atoms.